The third-order valence-corrected chi connectivity index (χ3v) is 13.4. The van der Waals surface area contributed by atoms with Gasteiger partial charge in [0.2, 0.25) is 11.2 Å². The quantitative estimate of drug-likeness (QED) is 0.274. The van der Waals surface area contributed by atoms with Gasteiger partial charge in [0.05, 0.1) is 44.7 Å². The Hall–Kier alpha value is -3.31. The van der Waals surface area contributed by atoms with Crippen LogP contribution in [0.2, 0.25) is 5.28 Å². The molecular formula is C34H43ClN10O4S2. The fourth-order valence-electron chi connectivity index (χ4n) is 7.53. The van der Waals surface area contributed by atoms with Crippen LogP contribution in [0.25, 0.3) is 11.0 Å². The number of hydrogen-bond donors (Lipinski definition) is 2. The molecule has 5 aliphatic rings. The van der Waals surface area contributed by atoms with Gasteiger partial charge in [-0.25, -0.2) is 15.0 Å². The van der Waals surface area contributed by atoms with E-state index < -0.39 is 21.6 Å². The predicted molar refractivity (Wildman–Crippen MR) is 197 cm³/mol. The highest BCUT2D eigenvalue weighted by Gasteiger charge is 2.31. The van der Waals surface area contributed by atoms with Crippen LogP contribution in [-0.2, 0) is 51.0 Å². The van der Waals surface area contributed by atoms with E-state index >= 15 is 0 Å². The van der Waals surface area contributed by atoms with E-state index in [0.717, 1.165) is 134 Å². The minimum Gasteiger partial charge on any atom is -0.381 e. The second-order valence-electron chi connectivity index (χ2n) is 13.6. The van der Waals surface area contributed by atoms with Gasteiger partial charge < -0.3 is 29.6 Å². The number of ether oxygens (including phenoxy) is 2. The van der Waals surface area contributed by atoms with Crippen LogP contribution in [0.15, 0.2) is 28.3 Å². The minimum absolute atomic E-state index is 0.224. The molecule has 5 aliphatic heterocycles. The molecule has 0 amide bonds. The molecule has 3 saturated heterocycles. The van der Waals surface area contributed by atoms with Crippen molar-refractivity contribution in [1.29, 1.82) is 0 Å². The lowest BCUT2D eigenvalue weighted by Gasteiger charge is -2.32. The van der Waals surface area contributed by atoms with Crippen LogP contribution < -0.4 is 15.5 Å². The van der Waals surface area contributed by atoms with Gasteiger partial charge in [0.1, 0.15) is 32.8 Å². The zero-order chi connectivity index (χ0) is 34.9. The van der Waals surface area contributed by atoms with Crippen molar-refractivity contribution < 1.29 is 17.9 Å². The Morgan fingerprint density at radius 1 is 0.784 bits per heavy atom. The molecule has 0 aliphatic carbocycles. The minimum atomic E-state index is -1.02. The smallest absolute Gasteiger partial charge is 0.227 e. The number of hydrogen-bond acceptors (Lipinski definition) is 13. The van der Waals surface area contributed by atoms with Crippen LogP contribution in [0, 0.1) is 0 Å². The standard InChI is InChI=1S/C23H29N7O2S.C11H14ClN3O2S/c1-29-19-2-8-24-14-18(19)26-22(29)15-3-9-30(10-4-15)23-27-17-7-13-33(31)20(17)21(28-23)25-16-5-11-32-12-6-16;12-11-14-8-3-6-18(16)9(8)10(15-11)13-7-1-4-17-5-2-7/h2,8,14-16H,3-7,9-13H2,1H3,(H,25,27,28);7H,1-6H2,(H,13,14,15). The molecule has 272 valence electrons. The largest absolute Gasteiger partial charge is 0.381 e. The number of nitrogens with one attached hydrogen (secondary N) is 2. The summed E-state index contributed by atoms with van der Waals surface area (Å²) < 4.78 is 37.6. The second kappa shape index (κ2) is 15.3. The second-order valence-corrected chi connectivity index (χ2v) is 16.9. The van der Waals surface area contributed by atoms with Crippen LogP contribution in [0.3, 0.4) is 0 Å². The number of anilines is 3. The highest BCUT2D eigenvalue weighted by Crippen LogP contribution is 2.35. The van der Waals surface area contributed by atoms with Gasteiger partial charge in [0.15, 0.2) is 0 Å². The Labute approximate surface area is 306 Å². The van der Waals surface area contributed by atoms with Crippen molar-refractivity contribution in [2.24, 2.45) is 7.05 Å². The fraction of sp³-hybridized carbons (Fsp3) is 0.588. The normalized spacial score (nSPS) is 22.7. The summed E-state index contributed by atoms with van der Waals surface area (Å²) in [4.78, 5) is 31.0. The topological polar surface area (TPSA) is 162 Å². The molecule has 0 spiro atoms. The van der Waals surface area contributed by atoms with Gasteiger partial charge in [0.25, 0.3) is 0 Å². The summed E-state index contributed by atoms with van der Waals surface area (Å²) in [5.74, 6) is 4.96. The monoisotopic (exact) mass is 754 g/mol. The van der Waals surface area contributed by atoms with Gasteiger partial charge in [-0.15, -0.1) is 0 Å². The van der Waals surface area contributed by atoms with E-state index in [0.29, 0.717) is 41.7 Å². The van der Waals surface area contributed by atoms with Gasteiger partial charge in [0, 0.05) is 95.1 Å². The van der Waals surface area contributed by atoms with Gasteiger partial charge in [-0.2, -0.15) is 9.97 Å². The Morgan fingerprint density at radius 2 is 1.37 bits per heavy atom. The van der Waals surface area contributed by atoms with Crippen molar-refractivity contribution >= 4 is 61.8 Å². The lowest BCUT2D eigenvalue weighted by Crippen LogP contribution is -2.35. The Balaban J connectivity index is 0.000000175. The number of nitrogens with zero attached hydrogens (tertiary/aromatic N) is 8. The summed E-state index contributed by atoms with van der Waals surface area (Å²) in [5.41, 5.74) is 3.85. The molecular weight excluding hydrogens is 712 g/mol. The molecule has 0 radical (unpaired) electrons. The number of fused-ring (bicyclic) bond motifs is 3. The van der Waals surface area contributed by atoms with Gasteiger partial charge in [-0.3, -0.25) is 13.4 Å². The van der Waals surface area contributed by atoms with Crippen LogP contribution >= 0.6 is 11.6 Å². The molecule has 17 heteroatoms. The van der Waals surface area contributed by atoms with E-state index in [-0.39, 0.29) is 5.28 Å². The molecule has 3 fully saturated rings. The summed E-state index contributed by atoms with van der Waals surface area (Å²) in [6.07, 6.45) is 10.9. The first-order valence-electron chi connectivity index (χ1n) is 17.8. The van der Waals surface area contributed by atoms with Gasteiger partial charge in [-0.05, 0) is 56.2 Å². The first kappa shape index (κ1) is 34.8. The number of halogens is 1. The number of piperidine rings is 1. The zero-order valence-electron chi connectivity index (χ0n) is 28.7. The van der Waals surface area contributed by atoms with Crippen molar-refractivity contribution in [3.05, 3.63) is 41.0 Å². The summed E-state index contributed by atoms with van der Waals surface area (Å²) in [6.45, 7) is 4.78. The highest BCUT2D eigenvalue weighted by atomic mass is 35.5. The van der Waals surface area contributed by atoms with Gasteiger partial charge >= 0.3 is 0 Å². The molecule has 2 atom stereocenters. The van der Waals surface area contributed by atoms with Crippen molar-refractivity contribution in [1.82, 2.24) is 34.5 Å². The molecule has 0 saturated carbocycles. The van der Waals surface area contributed by atoms with Crippen molar-refractivity contribution in [2.45, 2.75) is 79.2 Å². The number of aryl methyl sites for hydroxylation is 3. The van der Waals surface area contributed by atoms with E-state index in [9.17, 15) is 8.42 Å². The number of imidazole rings is 1. The Kier molecular flexibility index (Phi) is 10.5. The predicted octanol–water partition coefficient (Wildman–Crippen LogP) is 3.78. The van der Waals surface area contributed by atoms with Crippen molar-refractivity contribution in [3.8, 4) is 0 Å². The lowest BCUT2D eigenvalue weighted by atomic mass is 9.96. The summed E-state index contributed by atoms with van der Waals surface area (Å²) in [5, 5.41) is 7.15. The summed E-state index contributed by atoms with van der Waals surface area (Å²) in [6, 6.07) is 2.64. The molecule has 9 heterocycles. The zero-order valence-corrected chi connectivity index (χ0v) is 31.1. The van der Waals surface area contributed by atoms with E-state index in [1.807, 2.05) is 18.5 Å². The van der Waals surface area contributed by atoms with Crippen molar-refractivity contribution in [2.75, 3.05) is 66.6 Å². The van der Waals surface area contributed by atoms with E-state index in [1.54, 1.807) is 0 Å². The summed E-state index contributed by atoms with van der Waals surface area (Å²) >= 11 is 5.91. The van der Waals surface area contributed by atoms with Crippen LogP contribution in [-0.4, -0.2) is 106 Å². The fourth-order valence-corrected chi connectivity index (χ4v) is 10.3. The molecule has 4 aromatic heterocycles. The number of rotatable bonds is 6. The highest BCUT2D eigenvalue weighted by molar-refractivity contribution is 7.85. The maximum atomic E-state index is 12.7. The van der Waals surface area contributed by atoms with Gasteiger partial charge in [-0.1, -0.05) is 0 Å². The maximum absolute atomic E-state index is 12.7. The van der Waals surface area contributed by atoms with Crippen LogP contribution in [0.5, 0.6) is 0 Å². The third kappa shape index (κ3) is 7.48. The maximum Gasteiger partial charge on any atom is 0.227 e. The Morgan fingerprint density at radius 3 is 1.98 bits per heavy atom. The molecule has 9 rings (SSSR count). The molecule has 14 nitrogen and oxygen atoms in total. The molecule has 0 aromatic carbocycles. The van der Waals surface area contributed by atoms with E-state index in [2.05, 4.69) is 42.1 Å². The SMILES string of the molecule is Cn1c(C2CCN(c3nc4c(c(NC5CCOCC5)n3)S(=O)CC4)CC2)nc2cnccc21.O=S1CCc2nc(Cl)nc(NC3CCOCC3)c21. The van der Waals surface area contributed by atoms with Crippen LogP contribution in [0.1, 0.15) is 61.7 Å². The molecule has 0 bridgehead atoms. The molecule has 4 aromatic rings. The first-order chi connectivity index (χ1) is 24.9. The van der Waals surface area contributed by atoms with E-state index in [1.165, 1.54) is 0 Å². The van der Waals surface area contributed by atoms with Crippen LogP contribution in [0.4, 0.5) is 17.6 Å². The lowest BCUT2D eigenvalue weighted by molar-refractivity contribution is 0.0902. The Bertz CT molecular complexity index is 1940. The number of aromatic nitrogens is 7. The average Bonchev–Trinajstić information content (AvgIpc) is 3.83. The first-order valence-corrected chi connectivity index (χ1v) is 20.9. The molecule has 2 N–H and O–H groups in total. The molecule has 51 heavy (non-hydrogen) atoms. The number of pyridine rings is 1. The summed E-state index contributed by atoms with van der Waals surface area (Å²) in [7, 11) is 0.0715. The van der Waals surface area contributed by atoms with E-state index in [4.69, 9.17) is 36.0 Å². The molecule has 2 unspecified atom stereocenters. The van der Waals surface area contributed by atoms with Crippen molar-refractivity contribution in [3.63, 3.8) is 0 Å². The third-order valence-electron chi connectivity index (χ3n) is 10.3. The average molecular weight is 755 g/mol.